The van der Waals surface area contributed by atoms with E-state index in [0.717, 1.165) is 36.1 Å². The largest absolute Gasteiger partial charge is 0.480 e. The molecule has 0 atom stereocenters. The fraction of sp³-hybridized carbons (Fsp3) is 0.483. The highest BCUT2D eigenvalue weighted by Crippen LogP contribution is 2.47. The molecule has 0 unspecified atom stereocenters. The predicted molar refractivity (Wildman–Crippen MR) is 134 cm³/mol. The van der Waals surface area contributed by atoms with Crippen molar-refractivity contribution in [2.75, 3.05) is 13.2 Å². The van der Waals surface area contributed by atoms with Crippen molar-refractivity contribution < 1.29 is 14.3 Å². The van der Waals surface area contributed by atoms with E-state index < -0.39 is 0 Å². The van der Waals surface area contributed by atoms with Crippen molar-refractivity contribution in [2.45, 2.75) is 78.6 Å². The summed E-state index contributed by atoms with van der Waals surface area (Å²) < 4.78 is 11.1. The molecule has 0 spiro atoms. The van der Waals surface area contributed by atoms with Gasteiger partial charge in [0.25, 0.3) is 0 Å². The van der Waals surface area contributed by atoms with Gasteiger partial charge in [0.1, 0.15) is 12.4 Å². The third-order valence-electron chi connectivity index (χ3n) is 5.96. The average Bonchev–Trinajstić information content (AvgIpc) is 2.72. The van der Waals surface area contributed by atoms with Gasteiger partial charge in [-0.25, -0.2) is 4.79 Å². The Morgan fingerprint density at radius 1 is 1.03 bits per heavy atom. The van der Waals surface area contributed by atoms with E-state index in [9.17, 15) is 4.79 Å². The van der Waals surface area contributed by atoms with Gasteiger partial charge in [0.2, 0.25) is 0 Å². The molecule has 1 aromatic rings. The number of fused-ring (bicyclic) bond motifs is 1. The van der Waals surface area contributed by atoms with E-state index in [-0.39, 0.29) is 16.8 Å². The molecule has 0 aromatic heterocycles. The van der Waals surface area contributed by atoms with Crippen LogP contribution in [-0.4, -0.2) is 19.2 Å². The SMILES string of the molecule is CCC#CCOc1cc2c(cc1/C=C/C=C/C(C)=C/C(=O)OCC)C(C)(C)CCC2(C)C. The van der Waals surface area contributed by atoms with E-state index in [1.807, 2.05) is 32.1 Å². The van der Waals surface area contributed by atoms with E-state index in [1.165, 1.54) is 17.2 Å². The number of allylic oxidation sites excluding steroid dienone is 4. The molecule has 32 heavy (non-hydrogen) atoms. The number of hydrogen-bond acceptors (Lipinski definition) is 3. The third kappa shape index (κ3) is 6.89. The van der Waals surface area contributed by atoms with Gasteiger partial charge in [0.15, 0.2) is 0 Å². The Bertz CT molecular complexity index is 962. The van der Waals surface area contributed by atoms with Crippen LogP contribution in [-0.2, 0) is 20.4 Å². The highest BCUT2D eigenvalue weighted by Gasteiger charge is 2.37. The van der Waals surface area contributed by atoms with E-state index in [0.29, 0.717) is 13.2 Å². The Morgan fingerprint density at radius 2 is 1.69 bits per heavy atom. The van der Waals surface area contributed by atoms with E-state index in [1.54, 1.807) is 6.92 Å². The van der Waals surface area contributed by atoms with Gasteiger partial charge in [-0.05, 0) is 66.4 Å². The summed E-state index contributed by atoms with van der Waals surface area (Å²) in [6, 6.07) is 4.50. The average molecular weight is 435 g/mol. The second-order valence-electron chi connectivity index (χ2n) is 9.56. The zero-order valence-electron chi connectivity index (χ0n) is 20.8. The zero-order valence-corrected chi connectivity index (χ0v) is 20.8. The molecule has 0 N–H and O–H groups in total. The van der Waals surface area contributed by atoms with Gasteiger partial charge >= 0.3 is 5.97 Å². The first-order chi connectivity index (χ1) is 15.1. The lowest BCUT2D eigenvalue weighted by atomic mass is 9.63. The summed E-state index contributed by atoms with van der Waals surface area (Å²) in [6.45, 7) is 15.8. The van der Waals surface area contributed by atoms with Gasteiger partial charge in [0.05, 0.1) is 6.61 Å². The molecule has 0 radical (unpaired) electrons. The van der Waals surface area contributed by atoms with Crippen LogP contribution in [0.25, 0.3) is 6.08 Å². The molecule has 1 aliphatic carbocycles. The van der Waals surface area contributed by atoms with Crippen molar-refractivity contribution in [1.82, 2.24) is 0 Å². The Labute approximate surface area is 194 Å². The van der Waals surface area contributed by atoms with Crippen molar-refractivity contribution in [3.63, 3.8) is 0 Å². The van der Waals surface area contributed by atoms with Crippen molar-refractivity contribution in [3.8, 4) is 17.6 Å². The van der Waals surface area contributed by atoms with Gasteiger partial charge < -0.3 is 9.47 Å². The Balaban J connectivity index is 2.38. The minimum absolute atomic E-state index is 0.120. The van der Waals surface area contributed by atoms with Crippen molar-refractivity contribution >= 4 is 12.0 Å². The predicted octanol–water partition coefficient (Wildman–Crippen LogP) is 6.91. The standard InChI is InChI=1S/C29H38O3/c1-8-10-13-18-32-26-21-25-24(28(4,5)16-17-29(25,6)7)20-23(26)15-12-11-14-22(3)19-27(30)31-9-2/h11-12,14-15,19-21H,8-9,16-18H2,1-7H3/b14-11+,15-12+,22-19+. The molecule has 0 amide bonds. The molecule has 0 saturated carbocycles. The molecule has 3 heteroatoms. The van der Waals surface area contributed by atoms with Gasteiger partial charge in [-0.2, -0.15) is 0 Å². The van der Waals surface area contributed by atoms with Crippen LogP contribution in [0.1, 0.15) is 84.4 Å². The number of esters is 1. The molecular weight excluding hydrogens is 396 g/mol. The first-order valence-corrected chi connectivity index (χ1v) is 11.6. The summed E-state index contributed by atoms with van der Waals surface area (Å²) in [5.41, 5.74) is 4.89. The number of carbonyl (C=O) groups is 1. The van der Waals surface area contributed by atoms with E-state index >= 15 is 0 Å². The molecule has 0 aliphatic heterocycles. The van der Waals surface area contributed by atoms with Gasteiger partial charge in [0, 0.05) is 18.1 Å². The van der Waals surface area contributed by atoms with Gasteiger partial charge in [-0.1, -0.05) is 64.8 Å². The number of hydrogen-bond donors (Lipinski definition) is 0. The first-order valence-electron chi connectivity index (χ1n) is 11.6. The number of benzene rings is 1. The Hall–Kier alpha value is -2.73. The minimum Gasteiger partial charge on any atom is -0.480 e. The minimum atomic E-state index is -0.318. The molecule has 3 nitrogen and oxygen atoms in total. The molecular formula is C29H38O3. The fourth-order valence-electron chi connectivity index (χ4n) is 3.94. The van der Waals surface area contributed by atoms with Crippen molar-refractivity contribution in [2.24, 2.45) is 0 Å². The summed E-state index contributed by atoms with van der Waals surface area (Å²) in [6.07, 6.45) is 12.5. The van der Waals surface area contributed by atoms with E-state index in [4.69, 9.17) is 9.47 Å². The molecule has 0 heterocycles. The highest BCUT2D eigenvalue weighted by atomic mass is 16.5. The lowest BCUT2D eigenvalue weighted by Gasteiger charge is -2.42. The van der Waals surface area contributed by atoms with Crippen LogP contribution in [0.4, 0.5) is 0 Å². The van der Waals surface area contributed by atoms with Gasteiger partial charge in [-0.3, -0.25) is 0 Å². The molecule has 0 bridgehead atoms. The molecule has 0 saturated heterocycles. The van der Waals surface area contributed by atoms with Crippen LogP contribution in [0.5, 0.6) is 5.75 Å². The summed E-state index contributed by atoms with van der Waals surface area (Å²) in [4.78, 5) is 11.6. The summed E-state index contributed by atoms with van der Waals surface area (Å²) in [7, 11) is 0. The van der Waals surface area contributed by atoms with Crippen LogP contribution in [0.2, 0.25) is 0 Å². The molecule has 2 rings (SSSR count). The first kappa shape index (κ1) is 25.5. The van der Waals surface area contributed by atoms with Crippen LogP contribution in [0.3, 0.4) is 0 Å². The van der Waals surface area contributed by atoms with Gasteiger partial charge in [-0.15, -0.1) is 5.92 Å². The maximum absolute atomic E-state index is 11.6. The Kier molecular flexibility index (Phi) is 8.96. The Morgan fingerprint density at radius 3 is 2.31 bits per heavy atom. The lowest BCUT2D eigenvalue weighted by Crippen LogP contribution is -2.34. The second kappa shape index (κ2) is 11.2. The maximum Gasteiger partial charge on any atom is 0.330 e. The normalized spacial score (nSPS) is 17.0. The van der Waals surface area contributed by atoms with Crippen LogP contribution >= 0.6 is 0 Å². The fourth-order valence-corrected chi connectivity index (χ4v) is 3.94. The number of carbonyl (C=O) groups excluding carboxylic acids is 1. The summed E-state index contributed by atoms with van der Waals surface area (Å²) >= 11 is 0. The van der Waals surface area contributed by atoms with Crippen LogP contribution in [0, 0.1) is 11.8 Å². The molecule has 0 fully saturated rings. The maximum atomic E-state index is 11.6. The topological polar surface area (TPSA) is 35.5 Å². The zero-order chi connectivity index (χ0) is 23.8. The van der Waals surface area contributed by atoms with Crippen molar-refractivity contribution in [3.05, 3.63) is 58.7 Å². The molecule has 172 valence electrons. The highest BCUT2D eigenvalue weighted by molar-refractivity contribution is 5.83. The van der Waals surface area contributed by atoms with E-state index in [2.05, 4.69) is 57.7 Å². The monoisotopic (exact) mass is 434 g/mol. The van der Waals surface area contributed by atoms with Crippen LogP contribution in [0.15, 0.2) is 42.0 Å². The lowest BCUT2D eigenvalue weighted by molar-refractivity contribution is -0.137. The summed E-state index contributed by atoms with van der Waals surface area (Å²) in [5.74, 6) is 6.69. The molecule has 1 aromatic carbocycles. The van der Waals surface area contributed by atoms with Crippen LogP contribution < -0.4 is 4.74 Å². The summed E-state index contributed by atoms with van der Waals surface area (Å²) in [5, 5.41) is 0. The van der Waals surface area contributed by atoms with Crippen molar-refractivity contribution in [1.29, 1.82) is 0 Å². The quantitative estimate of drug-likeness (QED) is 0.202. The number of rotatable bonds is 7. The smallest absolute Gasteiger partial charge is 0.330 e. The molecule has 1 aliphatic rings. The third-order valence-corrected chi connectivity index (χ3v) is 5.96. The number of ether oxygens (including phenoxy) is 2. The second-order valence-corrected chi connectivity index (χ2v) is 9.56.